The molecule has 2 rings (SSSR count). The van der Waals surface area contributed by atoms with Gasteiger partial charge in [0.25, 0.3) is 0 Å². The summed E-state index contributed by atoms with van der Waals surface area (Å²) >= 11 is 0. The molecule has 1 aromatic rings. The summed E-state index contributed by atoms with van der Waals surface area (Å²) in [5, 5.41) is 2.73. The molecule has 1 aliphatic carbocycles. The smallest absolute Gasteiger partial charge is 0.0343 e. The Bertz CT molecular complexity index is 415. The summed E-state index contributed by atoms with van der Waals surface area (Å²) in [6.45, 7) is 4.44. The van der Waals surface area contributed by atoms with E-state index in [-0.39, 0.29) is 0 Å². The van der Waals surface area contributed by atoms with Crippen molar-refractivity contribution in [2.24, 2.45) is 0 Å². The number of hydrogen-bond donors (Lipinski definition) is 0. The molecule has 0 saturated carbocycles. The summed E-state index contributed by atoms with van der Waals surface area (Å²) in [5.74, 6) is 0.574. The van der Waals surface area contributed by atoms with Crippen LogP contribution in [-0.4, -0.2) is 4.98 Å². The van der Waals surface area contributed by atoms with Crippen LogP contribution in [0.3, 0.4) is 0 Å². The number of aromatic nitrogens is 1. The first-order chi connectivity index (χ1) is 6.29. The largest absolute Gasteiger partial charge is 0.264 e. The second-order valence-electron chi connectivity index (χ2n) is 3.87. The predicted octanol–water partition coefficient (Wildman–Crippen LogP) is 1.56. The molecule has 0 bridgehead atoms. The molecule has 0 aromatic carbocycles. The maximum atomic E-state index is 4.27. The molecule has 0 aliphatic heterocycles. The normalized spacial score (nSPS) is 14.7. The maximum absolute atomic E-state index is 4.27. The van der Waals surface area contributed by atoms with Gasteiger partial charge in [0, 0.05) is 12.4 Å². The fraction of sp³-hybridized carbons (Fsp3) is 0.417. The number of fused-ring (bicyclic) bond motifs is 1. The average Bonchev–Trinajstić information content (AvgIpc) is 2.17. The first kappa shape index (κ1) is 8.49. The van der Waals surface area contributed by atoms with Crippen molar-refractivity contribution in [1.82, 2.24) is 4.98 Å². The number of pyridine rings is 1. The van der Waals surface area contributed by atoms with Crippen LogP contribution in [-0.2, 0) is 0 Å². The fourth-order valence-electron chi connectivity index (χ4n) is 1.83. The molecule has 1 aromatic heterocycles. The molecule has 0 N–H and O–H groups in total. The third kappa shape index (κ3) is 1.51. The van der Waals surface area contributed by atoms with E-state index in [1.807, 2.05) is 12.4 Å². The van der Waals surface area contributed by atoms with Gasteiger partial charge in [-0.2, -0.15) is 0 Å². The SMILES string of the molecule is CC(C)c1cncc2c1=CCCC=2. The van der Waals surface area contributed by atoms with Crippen LogP contribution in [0.4, 0.5) is 0 Å². The van der Waals surface area contributed by atoms with E-state index in [2.05, 4.69) is 31.0 Å². The molecule has 0 saturated heterocycles. The summed E-state index contributed by atoms with van der Waals surface area (Å²) in [6.07, 6.45) is 10.9. The molecule has 1 heteroatoms. The highest BCUT2D eigenvalue weighted by Crippen LogP contribution is 2.07. The van der Waals surface area contributed by atoms with Gasteiger partial charge in [-0.05, 0) is 34.8 Å². The van der Waals surface area contributed by atoms with Crippen molar-refractivity contribution in [3.05, 3.63) is 28.4 Å². The van der Waals surface area contributed by atoms with Crippen LogP contribution < -0.4 is 10.4 Å². The molecular formula is C12H15N. The van der Waals surface area contributed by atoms with E-state index in [0.29, 0.717) is 5.92 Å². The predicted molar refractivity (Wildman–Crippen MR) is 55.7 cm³/mol. The lowest BCUT2D eigenvalue weighted by atomic mass is 9.99. The van der Waals surface area contributed by atoms with Crippen molar-refractivity contribution in [3.8, 4) is 0 Å². The zero-order valence-electron chi connectivity index (χ0n) is 8.25. The molecule has 0 spiro atoms. The van der Waals surface area contributed by atoms with E-state index in [4.69, 9.17) is 0 Å². The molecule has 1 nitrogen and oxygen atoms in total. The zero-order valence-corrected chi connectivity index (χ0v) is 8.25. The van der Waals surface area contributed by atoms with Gasteiger partial charge in [0.1, 0.15) is 0 Å². The standard InChI is InChI=1S/C12H15N/c1-9(2)12-8-13-7-10-5-3-4-6-11(10)12/h5-9H,3-4H2,1-2H3. The lowest BCUT2D eigenvalue weighted by Gasteiger charge is -2.08. The van der Waals surface area contributed by atoms with Crippen molar-refractivity contribution in [1.29, 1.82) is 0 Å². The van der Waals surface area contributed by atoms with Gasteiger partial charge in [-0.25, -0.2) is 0 Å². The van der Waals surface area contributed by atoms with Gasteiger partial charge in [0.15, 0.2) is 0 Å². The van der Waals surface area contributed by atoms with Crippen LogP contribution in [0.2, 0.25) is 0 Å². The molecule has 0 atom stereocenters. The highest BCUT2D eigenvalue weighted by molar-refractivity contribution is 5.40. The van der Waals surface area contributed by atoms with Gasteiger partial charge >= 0.3 is 0 Å². The molecule has 0 amide bonds. The third-order valence-corrected chi connectivity index (χ3v) is 2.55. The Morgan fingerprint density at radius 1 is 1.15 bits per heavy atom. The molecule has 0 radical (unpaired) electrons. The maximum Gasteiger partial charge on any atom is 0.0343 e. The highest BCUT2D eigenvalue weighted by Gasteiger charge is 2.03. The monoisotopic (exact) mass is 173 g/mol. The summed E-state index contributed by atoms with van der Waals surface area (Å²) < 4.78 is 0. The Labute approximate surface area is 78.8 Å². The number of nitrogens with zero attached hydrogens (tertiary/aromatic N) is 1. The molecule has 1 heterocycles. The van der Waals surface area contributed by atoms with Crippen molar-refractivity contribution >= 4 is 12.2 Å². The van der Waals surface area contributed by atoms with Crippen LogP contribution in [0, 0.1) is 0 Å². The zero-order chi connectivity index (χ0) is 9.26. The molecule has 68 valence electrons. The Kier molecular flexibility index (Phi) is 2.17. The molecular weight excluding hydrogens is 158 g/mol. The van der Waals surface area contributed by atoms with E-state index in [1.54, 1.807) is 0 Å². The first-order valence-electron chi connectivity index (χ1n) is 4.93. The van der Waals surface area contributed by atoms with Gasteiger partial charge in [0.05, 0.1) is 0 Å². The Hall–Kier alpha value is -1.11. The van der Waals surface area contributed by atoms with Crippen LogP contribution >= 0.6 is 0 Å². The summed E-state index contributed by atoms with van der Waals surface area (Å²) in [4.78, 5) is 4.27. The topological polar surface area (TPSA) is 12.9 Å². The first-order valence-corrected chi connectivity index (χ1v) is 4.93. The van der Waals surface area contributed by atoms with Gasteiger partial charge in [-0.1, -0.05) is 26.0 Å². The van der Waals surface area contributed by atoms with Gasteiger partial charge < -0.3 is 0 Å². The van der Waals surface area contributed by atoms with Crippen molar-refractivity contribution in [3.63, 3.8) is 0 Å². The van der Waals surface area contributed by atoms with Gasteiger partial charge in [-0.3, -0.25) is 4.98 Å². The van der Waals surface area contributed by atoms with Crippen molar-refractivity contribution < 1.29 is 0 Å². The Balaban J connectivity index is 2.74. The Morgan fingerprint density at radius 3 is 2.69 bits per heavy atom. The van der Waals surface area contributed by atoms with Crippen LogP contribution in [0.5, 0.6) is 0 Å². The summed E-state index contributed by atoms with van der Waals surface area (Å²) in [7, 11) is 0. The molecule has 1 aliphatic rings. The minimum absolute atomic E-state index is 0.574. The van der Waals surface area contributed by atoms with Crippen molar-refractivity contribution in [2.45, 2.75) is 32.6 Å². The van der Waals surface area contributed by atoms with Crippen molar-refractivity contribution in [2.75, 3.05) is 0 Å². The van der Waals surface area contributed by atoms with E-state index in [0.717, 1.165) is 6.42 Å². The summed E-state index contributed by atoms with van der Waals surface area (Å²) in [5.41, 5.74) is 1.38. The quantitative estimate of drug-likeness (QED) is 0.628. The third-order valence-electron chi connectivity index (χ3n) is 2.55. The van der Waals surface area contributed by atoms with Crippen LogP contribution in [0.15, 0.2) is 12.4 Å². The molecule has 0 unspecified atom stereocenters. The average molecular weight is 173 g/mol. The van der Waals surface area contributed by atoms with E-state index in [9.17, 15) is 0 Å². The number of hydrogen-bond acceptors (Lipinski definition) is 1. The lowest BCUT2D eigenvalue weighted by molar-refractivity contribution is 0.843. The highest BCUT2D eigenvalue weighted by atomic mass is 14.6. The van der Waals surface area contributed by atoms with E-state index < -0.39 is 0 Å². The minimum Gasteiger partial charge on any atom is -0.264 e. The summed E-state index contributed by atoms with van der Waals surface area (Å²) in [6, 6.07) is 0. The second kappa shape index (κ2) is 3.33. The van der Waals surface area contributed by atoms with Crippen LogP contribution in [0.25, 0.3) is 12.2 Å². The van der Waals surface area contributed by atoms with Crippen LogP contribution in [0.1, 0.15) is 38.2 Å². The van der Waals surface area contributed by atoms with Gasteiger partial charge in [-0.15, -0.1) is 0 Å². The van der Waals surface area contributed by atoms with Gasteiger partial charge in [0.2, 0.25) is 0 Å². The van der Waals surface area contributed by atoms with E-state index >= 15 is 0 Å². The van der Waals surface area contributed by atoms with E-state index in [1.165, 1.54) is 22.4 Å². The minimum atomic E-state index is 0.574. The Morgan fingerprint density at radius 2 is 1.92 bits per heavy atom. The molecule has 0 fully saturated rings. The fourth-order valence-corrected chi connectivity index (χ4v) is 1.83. The second-order valence-corrected chi connectivity index (χ2v) is 3.87. The lowest BCUT2D eigenvalue weighted by Crippen LogP contribution is -2.31. The number of rotatable bonds is 1. The molecule has 13 heavy (non-hydrogen) atoms.